The molecular formula is C18H21N5. The van der Waals surface area contributed by atoms with Gasteiger partial charge in [-0.3, -0.25) is 0 Å². The first kappa shape index (κ1) is 14.2. The van der Waals surface area contributed by atoms with Crippen LogP contribution in [-0.2, 0) is 6.54 Å². The summed E-state index contributed by atoms with van der Waals surface area (Å²) < 4.78 is 2.33. The lowest BCUT2D eigenvalue weighted by Gasteiger charge is -2.24. The summed E-state index contributed by atoms with van der Waals surface area (Å²) in [5.74, 6) is 1.95. The molecule has 0 bridgehead atoms. The highest BCUT2D eigenvalue weighted by Gasteiger charge is 2.31. The Bertz CT molecular complexity index is 821. The van der Waals surface area contributed by atoms with Gasteiger partial charge in [-0.15, -0.1) is 0 Å². The van der Waals surface area contributed by atoms with Crippen LogP contribution in [0, 0.1) is 6.92 Å². The van der Waals surface area contributed by atoms with Crippen LogP contribution >= 0.6 is 0 Å². The minimum atomic E-state index is 0.255. The molecule has 1 aliphatic heterocycles. The predicted molar refractivity (Wildman–Crippen MR) is 91.5 cm³/mol. The van der Waals surface area contributed by atoms with Crippen LogP contribution in [0.1, 0.15) is 37.2 Å². The van der Waals surface area contributed by atoms with Crippen molar-refractivity contribution in [3.8, 4) is 0 Å². The van der Waals surface area contributed by atoms with Gasteiger partial charge in [-0.1, -0.05) is 12.1 Å². The van der Waals surface area contributed by atoms with Crippen LogP contribution in [0.25, 0.3) is 11.0 Å². The first-order chi connectivity index (χ1) is 11.3. The number of nitrogens with zero attached hydrogens (tertiary/aromatic N) is 5. The molecule has 1 aromatic carbocycles. The Morgan fingerprint density at radius 1 is 1.17 bits per heavy atom. The number of anilines is 1. The molecule has 1 unspecified atom stereocenters. The number of fused-ring (bicyclic) bond motifs is 1. The summed E-state index contributed by atoms with van der Waals surface area (Å²) in [7, 11) is 0. The van der Waals surface area contributed by atoms with Gasteiger partial charge in [-0.05, 0) is 44.4 Å². The third-order valence-corrected chi connectivity index (χ3v) is 4.58. The molecule has 0 saturated carbocycles. The molecule has 23 heavy (non-hydrogen) atoms. The molecule has 2 aromatic heterocycles. The van der Waals surface area contributed by atoms with Crippen LogP contribution in [0.15, 0.2) is 36.7 Å². The maximum absolute atomic E-state index is 4.92. The molecule has 0 radical (unpaired) electrons. The third-order valence-electron chi connectivity index (χ3n) is 4.58. The van der Waals surface area contributed by atoms with Crippen molar-refractivity contribution >= 4 is 17.0 Å². The highest BCUT2D eigenvalue weighted by atomic mass is 15.3. The number of imidazole rings is 1. The van der Waals surface area contributed by atoms with Gasteiger partial charge in [0.05, 0.1) is 17.1 Å². The molecule has 4 rings (SSSR count). The summed E-state index contributed by atoms with van der Waals surface area (Å²) in [6.45, 7) is 6.11. The zero-order valence-electron chi connectivity index (χ0n) is 13.6. The second kappa shape index (κ2) is 5.65. The Hall–Kier alpha value is -2.43. The van der Waals surface area contributed by atoms with E-state index in [9.17, 15) is 0 Å². The van der Waals surface area contributed by atoms with Crippen molar-refractivity contribution in [3.05, 3.63) is 48.0 Å². The fourth-order valence-corrected chi connectivity index (χ4v) is 3.49. The normalized spacial score (nSPS) is 18.0. The van der Waals surface area contributed by atoms with Gasteiger partial charge in [0, 0.05) is 25.5 Å². The van der Waals surface area contributed by atoms with E-state index in [-0.39, 0.29) is 6.04 Å². The van der Waals surface area contributed by atoms with Crippen molar-refractivity contribution in [2.24, 2.45) is 0 Å². The first-order valence-electron chi connectivity index (χ1n) is 8.28. The molecular weight excluding hydrogens is 286 g/mol. The van der Waals surface area contributed by atoms with Gasteiger partial charge < -0.3 is 9.47 Å². The van der Waals surface area contributed by atoms with Crippen LogP contribution in [0.5, 0.6) is 0 Å². The molecule has 3 heterocycles. The topological polar surface area (TPSA) is 46.8 Å². The average Bonchev–Trinajstić information content (AvgIpc) is 3.19. The number of hydrogen-bond donors (Lipinski definition) is 0. The van der Waals surface area contributed by atoms with E-state index >= 15 is 0 Å². The number of para-hydroxylation sites is 2. The second-order valence-corrected chi connectivity index (χ2v) is 6.11. The molecule has 1 saturated heterocycles. The Labute approximate surface area is 136 Å². The summed E-state index contributed by atoms with van der Waals surface area (Å²) in [4.78, 5) is 16.3. The molecule has 5 heteroatoms. The number of benzene rings is 1. The summed E-state index contributed by atoms with van der Waals surface area (Å²) in [5.41, 5.74) is 3.37. The van der Waals surface area contributed by atoms with Gasteiger partial charge in [-0.25, -0.2) is 15.0 Å². The lowest BCUT2D eigenvalue weighted by Crippen LogP contribution is -2.27. The maximum Gasteiger partial charge on any atom is 0.225 e. The van der Waals surface area contributed by atoms with Gasteiger partial charge in [-0.2, -0.15) is 0 Å². The smallest absolute Gasteiger partial charge is 0.225 e. The van der Waals surface area contributed by atoms with E-state index in [0.717, 1.165) is 48.8 Å². The molecule has 5 nitrogen and oxygen atoms in total. The Morgan fingerprint density at radius 2 is 1.96 bits per heavy atom. The van der Waals surface area contributed by atoms with Crippen LogP contribution in [0.3, 0.4) is 0 Å². The molecule has 0 N–H and O–H groups in total. The average molecular weight is 307 g/mol. The Kier molecular flexibility index (Phi) is 3.48. The lowest BCUT2D eigenvalue weighted by molar-refractivity contribution is 0.601. The van der Waals surface area contributed by atoms with Gasteiger partial charge in [0.15, 0.2) is 0 Å². The Morgan fingerprint density at radius 3 is 2.74 bits per heavy atom. The quantitative estimate of drug-likeness (QED) is 0.743. The van der Waals surface area contributed by atoms with Crippen LogP contribution < -0.4 is 4.90 Å². The van der Waals surface area contributed by atoms with Crippen LogP contribution in [0.2, 0.25) is 0 Å². The van der Waals surface area contributed by atoms with Crippen LogP contribution in [0.4, 0.5) is 5.95 Å². The maximum atomic E-state index is 4.92. The predicted octanol–water partition coefficient (Wildman–Crippen LogP) is 3.50. The summed E-state index contributed by atoms with van der Waals surface area (Å²) >= 11 is 0. The van der Waals surface area contributed by atoms with Crippen molar-refractivity contribution < 1.29 is 0 Å². The van der Waals surface area contributed by atoms with Crippen molar-refractivity contribution in [2.45, 2.75) is 39.3 Å². The fraction of sp³-hybridized carbons (Fsp3) is 0.389. The molecule has 0 spiro atoms. The number of aryl methyl sites for hydroxylation is 2. The first-order valence-corrected chi connectivity index (χ1v) is 8.28. The van der Waals surface area contributed by atoms with E-state index in [2.05, 4.69) is 50.6 Å². The summed E-state index contributed by atoms with van der Waals surface area (Å²) in [5, 5.41) is 0. The fourth-order valence-electron chi connectivity index (χ4n) is 3.49. The second-order valence-electron chi connectivity index (χ2n) is 6.11. The van der Waals surface area contributed by atoms with Crippen molar-refractivity contribution in [2.75, 3.05) is 11.4 Å². The third kappa shape index (κ3) is 2.36. The summed E-state index contributed by atoms with van der Waals surface area (Å²) in [6.07, 6.45) is 6.02. The number of rotatable bonds is 3. The molecule has 0 aliphatic carbocycles. The lowest BCUT2D eigenvalue weighted by atomic mass is 10.2. The standard InChI is InChI=1S/C18H21N5/c1-3-22-15-8-5-4-7-14(15)21-17(22)16-9-6-10-23(16)18-19-11-13(2)12-20-18/h4-5,7-8,11-12,16H,3,6,9-10H2,1-2H3. The van der Waals surface area contributed by atoms with E-state index in [0.29, 0.717) is 0 Å². The van der Waals surface area contributed by atoms with E-state index in [1.807, 2.05) is 19.3 Å². The largest absolute Gasteiger partial charge is 0.331 e. The zero-order valence-corrected chi connectivity index (χ0v) is 13.6. The zero-order chi connectivity index (χ0) is 15.8. The van der Waals surface area contributed by atoms with Gasteiger partial charge in [0.1, 0.15) is 5.82 Å². The van der Waals surface area contributed by atoms with E-state index in [1.165, 1.54) is 5.52 Å². The minimum Gasteiger partial charge on any atom is -0.331 e. The van der Waals surface area contributed by atoms with Crippen molar-refractivity contribution in [1.29, 1.82) is 0 Å². The highest BCUT2D eigenvalue weighted by molar-refractivity contribution is 5.76. The minimum absolute atomic E-state index is 0.255. The van der Waals surface area contributed by atoms with Gasteiger partial charge in [0.25, 0.3) is 0 Å². The van der Waals surface area contributed by atoms with Crippen molar-refractivity contribution in [3.63, 3.8) is 0 Å². The van der Waals surface area contributed by atoms with E-state index in [4.69, 9.17) is 4.98 Å². The number of hydrogen-bond acceptors (Lipinski definition) is 4. The van der Waals surface area contributed by atoms with Gasteiger partial charge >= 0.3 is 0 Å². The highest BCUT2D eigenvalue weighted by Crippen LogP contribution is 2.35. The monoisotopic (exact) mass is 307 g/mol. The van der Waals surface area contributed by atoms with E-state index < -0.39 is 0 Å². The van der Waals surface area contributed by atoms with Crippen molar-refractivity contribution in [1.82, 2.24) is 19.5 Å². The Balaban J connectivity index is 1.78. The molecule has 1 aliphatic rings. The van der Waals surface area contributed by atoms with Gasteiger partial charge in [0.2, 0.25) is 5.95 Å². The molecule has 1 fully saturated rings. The molecule has 3 aromatic rings. The summed E-state index contributed by atoms with van der Waals surface area (Å²) in [6, 6.07) is 8.62. The molecule has 0 amide bonds. The molecule has 1 atom stereocenters. The number of aromatic nitrogens is 4. The molecule has 118 valence electrons. The van der Waals surface area contributed by atoms with E-state index in [1.54, 1.807) is 0 Å². The van der Waals surface area contributed by atoms with Crippen LogP contribution in [-0.4, -0.2) is 26.1 Å². The SMILES string of the molecule is CCn1c(C2CCCN2c2ncc(C)cn2)nc2ccccc21.